The number of rotatable bonds is 6. The van der Waals surface area contributed by atoms with Crippen LogP contribution in [0.15, 0.2) is 23.1 Å². The first kappa shape index (κ1) is 18.4. The molecule has 1 amide bonds. The molecule has 0 saturated carbocycles. The van der Waals surface area contributed by atoms with E-state index >= 15 is 0 Å². The zero-order chi connectivity index (χ0) is 17.9. The average molecular weight is 367 g/mol. The van der Waals surface area contributed by atoms with Crippen LogP contribution in [0.5, 0.6) is 0 Å². The molecule has 0 N–H and O–H groups in total. The Kier molecular flexibility index (Phi) is 5.76. The van der Waals surface area contributed by atoms with Crippen molar-refractivity contribution in [1.82, 2.24) is 0 Å². The van der Waals surface area contributed by atoms with Crippen LogP contribution in [-0.2, 0) is 30.5 Å². The third kappa shape index (κ3) is 4.59. The van der Waals surface area contributed by atoms with Gasteiger partial charge in [0, 0.05) is 25.1 Å². The monoisotopic (exact) mass is 367 g/mol. The molecule has 6 nitrogen and oxygen atoms in total. The molecular weight excluding hydrogens is 342 g/mol. The summed E-state index contributed by atoms with van der Waals surface area (Å²) in [5, 5.41) is 0. The lowest BCUT2D eigenvalue weighted by Crippen LogP contribution is -2.36. The van der Waals surface area contributed by atoms with Crippen LogP contribution in [0.2, 0.25) is 0 Å². The highest BCUT2D eigenvalue weighted by Crippen LogP contribution is 2.30. The molecule has 1 saturated heterocycles. The Bertz CT molecular complexity index is 725. The predicted octanol–water partition coefficient (Wildman–Crippen LogP) is 1.96. The number of fused-ring (bicyclic) bond motifs is 1. The van der Waals surface area contributed by atoms with E-state index < -0.39 is 9.84 Å². The maximum atomic E-state index is 12.5. The second kappa shape index (κ2) is 7.85. The van der Waals surface area contributed by atoms with Crippen LogP contribution in [0.4, 0.5) is 5.69 Å². The Balaban J connectivity index is 1.59. The number of amides is 1. The van der Waals surface area contributed by atoms with Crippen molar-refractivity contribution in [2.24, 2.45) is 0 Å². The first-order chi connectivity index (χ1) is 11.9. The molecule has 2 heterocycles. The molecule has 1 unspecified atom stereocenters. The molecule has 1 fully saturated rings. The van der Waals surface area contributed by atoms with Gasteiger partial charge in [-0.05, 0) is 49.4 Å². The van der Waals surface area contributed by atoms with Crippen molar-refractivity contribution in [1.29, 1.82) is 0 Å². The molecular formula is C18H25NO5S. The highest BCUT2D eigenvalue weighted by atomic mass is 32.2. The lowest BCUT2D eigenvalue weighted by molar-refractivity contribution is -0.120. The summed E-state index contributed by atoms with van der Waals surface area (Å²) in [4.78, 5) is 14.6. The highest BCUT2D eigenvalue weighted by molar-refractivity contribution is 7.90. The minimum atomic E-state index is -3.24. The molecule has 3 rings (SSSR count). The number of nitrogens with zero attached hydrogens (tertiary/aromatic N) is 1. The van der Waals surface area contributed by atoms with Gasteiger partial charge in [-0.3, -0.25) is 4.79 Å². The van der Waals surface area contributed by atoms with Crippen LogP contribution >= 0.6 is 0 Å². The summed E-state index contributed by atoms with van der Waals surface area (Å²) >= 11 is 0. The third-order valence-corrected chi connectivity index (χ3v) is 5.80. The molecule has 25 heavy (non-hydrogen) atoms. The highest BCUT2D eigenvalue weighted by Gasteiger charge is 2.24. The van der Waals surface area contributed by atoms with Crippen molar-refractivity contribution < 1.29 is 22.7 Å². The summed E-state index contributed by atoms with van der Waals surface area (Å²) in [7, 11) is -3.24. The molecule has 0 aromatic heterocycles. The Hall–Kier alpha value is -1.44. The summed E-state index contributed by atoms with van der Waals surface area (Å²) in [5.74, 6) is 0.0143. The Morgan fingerprint density at radius 3 is 2.92 bits per heavy atom. The van der Waals surface area contributed by atoms with Gasteiger partial charge in [0.2, 0.25) is 5.91 Å². The van der Waals surface area contributed by atoms with Crippen molar-refractivity contribution in [2.75, 3.05) is 37.5 Å². The first-order valence-corrected chi connectivity index (χ1v) is 10.7. The van der Waals surface area contributed by atoms with Gasteiger partial charge in [-0.25, -0.2) is 8.42 Å². The maximum Gasteiger partial charge on any atom is 0.229 e. The summed E-state index contributed by atoms with van der Waals surface area (Å²) in [6.07, 6.45) is 5.41. The van der Waals surface area contributed by atoms with E-state index in [4.69, 9.17) is 9.47 Å². The van der Waals surface area contributed by atoms with Crippen LogP contribution in [-0.4, -0.2) is 53.1 Å². The molecule has 1 aromatic carbocycles. The minimum absolute atomic E-state index is 0.0143. The number of benzene rings is 1. The Labute approximate surface area is 149 Å². The van der Waals surface area contributed by atoms with Gasteiger partial charge in [0.1, 0.15) is 0 Å². The van der Waals surface area contributed by atoms with E-state index in [-0.39, 0.29) is 12.0 Å². The molecule has 0 bridgehead atoms. The average Bonchev–Trinajstić information content (AvgIpc) is 3.10. The van der Waals surface area contributed by atoms with Crippen molar-refractivity contribution in [2.45, 2.75) is 43.1 Å². The Morgan fingerprint density at radius 2 is 2.20 bits per heavy atom. The maximum absolute atomic E-state index is 12.5. The quantitative estimate of drug-likeness (QED) is 0.719. The smallest absolute Gasteiger partial charge is 0.229 e. The number of carbonyl (C=O) groups excluding carboxylic acids is 1. The van der Waals surface area contributed by atoms with Gasteiger partial charge < -0.3 is 14.4 Å². The fraction of sp³-hybridized carbons (Fsp3) is 0.611. The summed E-state index contributed by atoms with van der Waals surface area (Å²) in [6, 6.07) is 5.02. The zero-order valence-electron chi connectivity index (χ0n) is 14.6. The second-order valence-electron chi connectivity index (χ2n) is 6.67. The van der Waals surface area contributed by atoms with E-state index in [1.54, 1.807) is 23.1 Å². The van der Waals surface area contributed by atoms with Gasteiger partial charge in [-0.2, -0.15) is 0 Å². The van der Waals surface area contributed by atoms with Crippen molar-refractivity contribution in [3.8, 4) is 0 Å². The van der Waals surface area contributed by atoms with Crippen molar-refractivity contribution in [3.63, 3.8) is 0 Å². The van der Waals surface area contributed by atoms with E-state index in [1.807, 2.05) is 0 Å². The molecule has 0 radical (unpaired) electrons. The minimum Gasteiger partial charge on any atom is -0.378 e. The molecule has 2 aliphatic heterocycles. The van der Waals surface area contributed by atoms with Crippen molar-refractivity contribution in [3.05, 3.63) is 23.8 Å². The molecule has 1 aromatic rings. The number of aryl methyl sites for hydroxylation is 1. The van der Waals surface area contributed by atoms with Gasteiger partial charge in [-0.15, -0.1) is 0 Å². The van der Waals surface area contributed by atoms with E-state index in [0.29, 0.717) is 31.1 Å². The fourth-order valence-electron chi connectivity index (χ4n) is 3.35. The van der Waals surface area contributed by atoms with E-state index in [9.17, 15) is 13.2 Å². The number of sulfone groups is 1. The van der Waals surface area contributed by atoms with E-state index in [1.165, 1.54) is 6.26 Å². The Morgan fingerprint density at radius 1 is 1.36 bits per heavy atom. The van der Waals surface area contributed by atoms with Gasteiger partial charge in [0.05, 0.1) is 30.6 Å². The largest absolute Gasteiger partial charge is 0.378 e. The SMILES string of the molecule is CS(=O)(=O)c1ccc2c(c1)CCCN2C(=O)CCOCC1CCCO1. The van der Waals surface area contributed by atoms with Gasteiger partial charge in [0.25, 0.3) is 0 Å². The fourth-order valence-corrected chi connectivity index (χ4v) is 4.02. The number of hydrogen-bond donors (Lipinski definition) is 0. The van der Waals surface area contributed by atoms with Gasteiger partial charge in [0.15, 0.2) is 9.84 Å². The van der Waals surface area contributed by atoms with Crippen LogP contribution in [0, 0.1) is 0 Å². The lowest BCUT2D eigenvalue weighted by atomic mass is 10.0. The van der Waals surface area contributed by atoms with Gasteiger partial charge >= 0.3 is 0 Å². The third-order valence-electron chi connectivity index (χ3n) is 4.69. The van der Waals surface area contributed by atoms with Crippen molar-refractivity contribution >= 4 is 21.4 Å². The predicted molar refractivity (Wildman–Crippen MR) is 94.6 cm³/mol. The number of hydrogen-bond acceptors (Lipinski definition) is 5. The van der Waals surface area contributed by atoms with Crippen LogP contribution in [0.3, 0.4) is 0 Å². The lowest BCUT2D eigenvalue weighted by Gasteiger charge is -2.30. The van der Waals surface area contributed by atoms with Crippen LogP contribution in [0.25, 0.3) is 0 Å². The molecule has 0 spiro atoms. The van der Waals surface area contributed by atoms with E-state index in [2.05, 4.69) is 0 Å². The zero-order valence-corrected chi connectivity index (χ0v) is 15.4. The molecule has 2 aliphatic rings. The van der Waals surface area contributed by atoms with Gasteiger partial charge in [-0.1, -0.05) is 0 Å². The van der Waals surface area contributed by atoms with E-state index in [0.717, 1.165) is 43.5 Å². The first-order valence-electron chi connectivity index (χ1n) is 8.78. The molecule has 138 valence electrons. The molecule has 0 aliphatic carbocycles. The standard InChI is InChI=1S/C18H25NO5S/c1-25(21,22)16-6-7-17-14(12-16)4-2-9-19(17)18(20)8-11-23-13-15-5-3-10-24-15/h6-7,12,15H,2-5,8-11,13H2,1H3. The second-order valence-corrected chi connectivity index (χ2v) is 8.69. The summed E-state index contributed by atoms with van der Waals surface area (Å²) in [5.41, 5.74) is 1.74. The normalized spacial score (nSPS) is 20.5. The number of carbonyl (C=O) groups is 1. The number of ether oxygens (including phenoxy) is 2. The summed E-state index contributed by atoms with van der Waals surface area (Å²) < 4.78 is 34.5. The topological polar surface area (TPSA) is 72.9 Å². The van der Waals surface area contributed by atoms with Crippen LogP contribution < -0.4 is 4.90 Å². The molecule has 7 heteroatoms. The summed E-state index contributed by atoms with van der Waals surface area (Å²) in [6.45, 7) is 2.39. The number of anilines is 1. The molecule has 1 atom stereocenters. The van der Waals surface area contributed by atoms with Crippen LogP contribution in [0.1, 0.15) is 31.2 Å².